The fraction of sp³-hybridized carbons (Fsp3) is 0.194. The van der Waals surface area contributed by atoms with Gasteiger partial charge in [-0.3, -0.25) is 4.79 Å². The summed E-state index contributed by atoms with van der Waals surface area (Å²) in [6.07, 6.45) is -0.231. The van der Waals surface area contributed by atoms with E-state index in [1.165, 1.54) is 29.0 Å². The molecule has 2 atom stereocenters. The summed E-state index contributed by atoms with van der Waals surface area (Å²) in [4.78, 5) is 12.5. The van der Waals surface area contributed by atoms with Crippen molar-refractivity contribution in [3.63, 3.8) is 0 Å². The number of aliphatic carboxylic acids is 1. The number of carbonyl (C=O) groups is 1. The highest BCUT2D eigenvalue weighted by atomic mass is 35.5. The first kappa shape index (κ1) is 33.4. The Morgan fingerprint density at radius 3 is 2.07 bits per heavy atom. The van der Waals surface area contributed by atoms with Crippen LogP contribution >= 0.6 is 11.6 Å². The molecule has 0 heterocycles. The van der Waals surface area contributed by atoms with E-state index in [2.05, 4.69) is 0 Å². The van der Waals surface area contributed by atoms with Gasteiger partial charge in [0.15, 0.2) is 0 Å². The lowest BCUT2D eigenvalue weighted by atomic mass is 10.1. The zero-order chi connectivity index (χ0) is 33.3. The minimum Gasteiger partial charge on any atom is -0.480 e. The van der Waals surface area contributed by atoms with Gasteiger partial charge >= 0.3 is 21.5 Å². The van der Waals surface area contributed by atoms with Crippen molar-refractivity contribution < 1.29 is 44.6 Å². The van der Waals surface area contributed by atoms with E-state index in [-0.39, 0.29) is 11.3 Å². The molecular weight excluding hydrogens is 669 g/mol. The van der Waals surface area contributed by atoms with Crippen molar-refractivity contribution in [2.24, 2.45) is 0 Å². The third-order valence-electron chi connectivity index (χ3n) is 7.52. The molecule has 5 rings (SSSR count). The summed E-state index contributed by atoms with van der Waals surface area (Å²) in [5, 5.41) is 11.0. The van der Waals surface area contributed by atoms with Gasteiger partial charge in [-0.25, -0.2) is 21.6 Å². The summed E-state index contributed by atoms with van der Waals surface area (Å²) in [6, 6.07) is 27.3. The lowest BCUT2D eigenvalue weighted by molar-refractivity contribution is -0.143. The molecule has 0 saturated heterocycles. The molecular formula is C31H26ClF3N2O7S2. The molecule has 0 amide bonds. The van der Waals surface area contributed by atoms with Gasteiger partial charge in [0.2, 0.25) is 10.0 Å². The zero-order valence-electron chi connectivity index (χ0n) is 23.7. The van der Waals surface area contributed by atoms with Crippen LogP contribution in [0.3, 0.4) is 0 Å². The summed E-state index contributed by atoms with van der Waals surface area (Å²) in [7, 11) is -10.5. The van der Waals surface area contributed by atoms with Gasteiger partial charge in [0.05, 0.1) is 4.90 Å². The van der Waals surface area contributed by atoms with Crippen LogP contribution in [0.2, 0.25) is 5.02 Å². The van der Waals surface area contributed by atoms with Crippen molar-refractivity contribution in [2.45, 2.75) is 28.3 Å². The Balaban J connectivity index is 1.50. The minimum absolute atomic E-state index is 0.231. The Kier molecular flexibility index (Phi) is 9.21. The number of hydrogen-bond donors (Lipinski definition) is 2. The van der Waals surface area contributed by atoms with Crippen LogP contribution in [0.1, 0.15) is 17.9 Å². The number of benzene rings is 4. The van der Waals surface area contributed by atoms with Crippen LogP contribution < -0.4 is 9.46 Å². The lowest BCUT2D eigenvalue weighted by Crippen LogP contribution is -2.51. The maximum Gasteiger partial charge on any atom is 0.511 e. The number of halogens is 4. The van der Waals surface area contributed by atoms with Gasteiger partial charge in [0.1, 0.15) is 17.0 Å². The van der Waals surface area contributed by atoms with Crippen molar-refractivity contribution in [3.8, 4) is 22.6 Å². The second-order valence-electron chi connectivity index (χ2n) is 10.4. The number of rotatable bonds is 12. The molecule has 2 N–H and O–H groups in total. The molecule has 9 nitrogen and oxygen atoms in total. The smallest absolute Gasteiger partial charge is 0.480 e. The second kappa shape index (κ2) is 12.7. The molecule has 0 radical (unpaired) electrons. The average Bonchev–Trinajstić information content (AvgIpc) is 3.77. The molecule has 4 aromatic carbocycles. The molecule has 1 aliphatic rings. The fourth-order valence-electron chi connectivity index (χ4n) is 5.17. The minimum atomic E-state index is -5.83. The van der Waals surface area contributed by atoms with Crippen molar-refractivity contribution in [1.29, 1.82) is 0 Å². The Morgan fingerprint density at radius 2 is 1.48 bits per heavy atom. The molecule has 1 saturated carbocycles. The van der Waals surface area contributed by atoms with Crippen molar-refractivity contribution >= 4 is 37.6 Å². The summed E-state index contributed by atoms with van der Waals surface area (Å²) >= 11 is 5.94. The Hall–Kier alpha value is -3.95. The molecule has 46 heavy (non-hydrogen) atoms. The van der Waals surface area contributed by atoms with Crippen molar-refractivity contribution in [2.75, 3.05) is 13.1 Å². The van der Waals surface area contributed by atoms with Crippen LogP contribution in [0.15, 0.2) is 108 Å². The molecule has 0 unspecified atom stereocenters. The number of nitrogens with zero attached hydrogens (tertiary/aromatic N) is 1. The lowest BCUT2D eigenvalue weighted by Gasteiger charge is -2.30. The number of carboxylic acids is 1. The highest BCUT2D eigenvalue weighted by Gasteiger charge is 2.68. The van der Waals surface area contributed by atoms with Gasteiger partial charge in [-0.05, 0) is 71.6 Å². The highest BCUT2D eigenvalue weighted by Crippen LogP contribution is 2.57. The van der Waals surface area contributed by atoms with E-state index < -0.39 is 56.1 Å². The molecule has 242 valence electrons. The van der Waals surface area contributed by atoms with Gasteiger partial charge in [-0.2, -0.15) is 17.5 Å². The van der Waals surface area contributed by atoms with Crippen molar-refractivity contribution in [1.82, 2.24) is 9.03 Å². The van der Waals surface area contributed by atoms with E-state index in [9.17, 15) is 39.9 Å². The molecule has 4 aromatic rings. The van der Waals surface area contributed by atoms with Crippen LogP contribution in [0.5, 0.6) is 11.5 Å². The standard InChI is InChI=1S/C31H26ClF3N2O7S2/c32-24-13-9-21(10-14-24)22-11-15-27(16-12-22)45(40,41)37(18-17-36-46(42,43)31(33,34)35)30(29(38)39)20-28(30)23-5-4-8-26(19-23)44-25-6-2-1-3-7-25/h1-16,19,28,36H,17-18,20H2,(H,38,39)/t28-,30+/m0/s1. The number of nitrogens with one attached hydrogen (secondary N) is 1. The molecule has 15 heteroatoms. The van der Waals surface area contributed by atoms with E-state index in [1.807, 2.05) is 0 Å². The van der Waals surface area contributed by atoms with Crippen LogP contribution in [-0.2, 0) is 24.8 Å². The highest BCUT2D eigenvalue weighted by molar-refractivity contribution is 7.90. The fourth-order valence-corrected chi connectivity index (χ4v) is 7.59. The topological polar surface area (TPSA) is 130 Å². The molecule has 1 aliphatic carbocycles. The Labute approximate surface area is 268 Å². The summed E-state index contributed by atoms with van der Waals surface area (Å²) < 4.78 is 98.3. The third kappa shape index (κ3) is 6.76. The number of sulfonamides is 2. The number of hydrogen-bond acceptors (Lipinski definition) is 6. The molecule has 0 spiro atoms. The second-order valence-corrected chi connectivity index (χ2v) is 14.5. The van der Waals surface area contributed by atoms with Crippen molar-refractivity contribution in [3.05, 3.63) is 114 Å². The van der Waals surface area contributed by atoms with Crippen LogP contribution in [0.25, 0.3) is 11.1 Å². The predicted molar refractivity (Wildman–Crippen MR) is 164 cm³/mol. The van der Waals surface area contributed by atoms with E-state index in [0.717, 1.165) is 0 Å². The molecule has 0 aromatic heterocycles. The van der Waals surface area contributed by atoms with Gasteiger partial charge < -0.3 is 9.84 Å². The maximum atomic E-state index is 14.1. The number of para-hydroxylation sites is 1. The van der Waals surface area contributed by atoms with E-state index in [0.29, 0.717) is 37.5 Å². The first-order valence-corrected chi connectivity index (χ1v) is 17.0. The monoisotopic (exact) mass is 694 g/mol. The van der Waals surface area contributed by atoms with E-state index in [1.54, 1.807) is 78.9 Å². The average molecular weight is 695 g/mol. The van der Waals surface area contributed by atoms with Crippen LogP contribution in [0.4, 0.5) is 13.2 Å². The number of carboxylic acid groups (broad SMARTS) is 1. The number of alkyl halides is 3. The normalized spacial score (nSPS) is 18.3. The Morgan fingerprint density at radius 1 is 0.891 bits per heavy atom. The predicted octanol–water partition coefficient (Wildman–Crippen LogP) is 6.24. The maximum absolute atomic E-state index is 14.1. The van der Waals surface area contributed by atoms with Gasteiger partial charge in [-0.1, -0.05) is 66.2 Å². The summed E-state index contributed by atoms with van der Waals surface area (Å²) in [5.74, 6) is -1.64. The number of ether oxygens (including phenoxy) is 1. The summed E-state index contributed by atoms with van der Waals surface area (Å²) in [6.45, 7) is -1.94. The summed E-state index contributed by atoms with van der Waals surface area (Å²) in [5.41, 5.74) is -6.05. The zero-order valence-corrected chi connectivity index (χ0v) is 26.1. The molecule has 0 aliphatic heterocycles. The Bertz CT molecular complexity index is 1940. The van der Waals surface area contributed by atoms with Gasteiger partial charge in [0.25, 0.3) is 0 Å². The first-order valence-electron chi connectivity index (χ1n) is 13.7. The van der Waals surface area contributed by atoms with Gasteiger partial charge in [-0.15, -0.1) is 0 Å². The SMILES string of the molecule is O=C(O)[C@@]1(N(CCNS(=O)(=O)C(F)(F)F)S(=O)(=O)c2ccc(-c3ccc(Cl)cc3)cc2)C[C@H]1c1cccc(Oc2ccccc2)c1. The molecule has 1 fully saturated rings. The van der Waals surface area contributed by atoms with Gasteiger partial charge in [0, 0.05) is 24.0 Å². The van der Waals surface area contributed by atoms with Crippen LogP contribution in [-0.4, -0.2) is 56.4 Å². The van der Waals surface area contributed by atoms with Crippen LogP contribution in [0, 0.1) is 0 Å². The molecule has 0 bridgehead atoms. The third-order valence-corrected chi connectivity index (χ3v) is 10.9. The largest absolute Gasteiger partial charge is 0.511 e. The quantitative estimate of drug-likeness (QED) is 0.180. The first-order chi connectivity index (χ1) is 21.6. The van der Waals surface area contributed by atoms with E-state index in [4.69, 9.17) is 16.3 Å². The van der Waals surface area contributed by atoms with E-state index >= 15 is 0 Å².